The quantitative estimate of drug-likeness (QED) is 0.808. The van der Waals surface area contributed by atoms with Crippen LogP contribution in [0.3, 0.4) is 0 Å². The van der Waals surface area contributed by atoms with Crippen LogP contribution in [0.1, 0.15) is 21.9 Å². The summed E-state index contributed by atoms with van der Waals surface area (Å²) < 4.78 is 38.0. The van der Waals surface area contributed by atoms with Crippen molar-refractivity contribution in [2.75, 3.05) is 31.5 Å². The zero-order valence-electron chi connectivity index (χ0n) is 15.0. The SMILES string of the molecule is Cc1nc(Nc2ccc(C(F)(F)F)cc2)cc(C(=O)N2CCN(C=O)CC2)n1. The third-order valence-electron chi connectivity index (χ3n) is 4.29. The average Bonchev–Trinajstić information content (AvgIpc) is 2.67. The molecule has 28 heavy (non-hydrogen) atoms. The third kappa shape index (κ3) is 4.56. The molecule has 0 bridgehead atoms. The van der Waals surface area contributed by atoms with Gasteiger partial charge in [0.15, 0.2) is 0 Å². The van der Waals surface area contributed by atoms with Crippen molar-refractivity contribution in [1.82, 2.24) is 19.8 Å². The van der Waals surface area contributed by atoms with E-state index in [-0.39, 0.29) is 11.6 Å². The second-order valence-electron chi connectivity index (χ2n) is 6.32. The number of carbonyl (C=O) groups excluding carboxylic acids is 2. The largest absolute Gasteiger partial charge is 0.416 e. The number of alkyl halides is 3. The van der Waals surface area contributed by atoms with Crippen LogP contribution in [0.2, 0.25) is 0 Å². The highest BCUT2D eigenvalue weighted by molar-refractivity contribution is 5.93. The van der Waals surface area contributed by atoms with Gasteiger partial charge in [0.2, 0.25) is 6.41 Å². The first-order valence-corrected chi connectivity index (χ1v) is 8.55. The second-order valence-corrected chi connectivity index (χ2v) is 6.32. The molecule has 1 fully saturated rings. The smallest absolute Gasteiger partial charge is 0.342 e. The molecule has 0 saturated carbocycles. The zero-order chi connectivity index (χ0) is 20.3. The summed E-state index contributed by atoms with van der Waals surface area (Å²) in [4.78, 5) is 35.0. The highest BCUT2D eigenvalue weighted by Crippen LogP contribution is 2.30. The summed E-state index contributed by atoms with van der Waals surface area (Å²) >= 11 is 0. The number of piperazine rings is 1. The number of nitrogens with one attached hydrogen (secondary N) is 1. The van der Waals surface area contributed by atoms with Crippen LogP contribution in [0, 0.1) is 6.92 Å². The zero-order valence-corrected chi connectivity index (χ0v) is 15.0. The molecule has 2 aromatic rings. The number of aromatic nitrogens is 2. The van der Waals surface area contributed by atoms with E-state index in [0.29, 0.717) is 43.5 Å². The minimum atomic E-state index is -4.41. The second kappa shape index (κ2) is 7.83. The molecule has 0 spiro atoms. The number of carbonyl (C=O) groups is 2. The number of hydrogen-bond donors (Lipinski definition) is 1. The lowest BCUT2D eigenvalue weighted by atomic mass is 10.2. The summed E-state index contributed by atoms with van der Waals surface area (Å²) in [5, 5.41) is 2.89. The van der Waals surface area contributed by atoms with Gasteiger partial charge in [0.1, 0.15) is 17.3 Å². The fraction of sp³-hybridized carbons (Fsp3) is 0.333. The Kier molecular flexibility index (Phi) is 5.48. The van der Waals surface area contributed by atoms with Crippen LogP contribution in [-0.4, -0.2) is 58.3 Å². The molecule has 7 nitrogen and oxygen atoms in total. The van der Waals surface area contributed by atoms with Gasteiger partial charge in [0, 0.05) is 37.9 Å². The maximum absolute atomic E-state index is 12.7. The Morgan fingerprint density at radius 2 is 1.75 bits per heavy atom. The van der Waals surface area contributed by atoms with Gasteiger partial charge >= 0.3 is 6.18 Å². The molecule has 148 valence electrons. The van der Waals surface area contributed by atoms with Gasteiger partial charge in [0.25, 0.3) is 5.91 Å². The highest BCUT2D eigenvalue weighted by atomic mass is 19.4. The maximum atomic E-state index is 12.7. The molecule has 1 aliphatic heterocycles. The minimum absolute atomic E-state index is 0.182. The molecule has 3 rings (SSSR count). The third-order valence-corrected chi connectivity index (χ3v) is 4.29. The highest BCUT2D eigenvalue weighted by Gasteiger charge is 2.30. The van der Waals surface area contributed by atoms with Crippen LogP contribution >= 0.6 is 0 Å². The van der Waals surface area contributed by atoms with E-state index >= 15 is 0 Å². The Balaban J connectivity index is 1.74. The van der Waals surface area contributed by atoms with E-state index < -0.39 is 11.7 Å². The summed E-state index contributed by atoms with van der Waals surface area (Å²) in [7, 11) is 0. The van der Waals surface area contributed by atoms with E-state index in [4.69, 9.17) is 0 Å². The van der Waals surface area contributed by atoms with Crippen molar-refractivity contribution in [3.63, 3.8) is 0 Å². The molecular formula is C18H18F3N5O2. The van der Waals surface area contributed by atoms with Crippen molar-refractivity contribution < 1.29 is 22.8 Å². The Bertz CT molecular complexity index is 863. The first-order valence-electron chi connectivity index (χ1n) is 8.55. The number of hydrogen-bond acceptors (Lipinski definition) is 5. The molecule has 1 aromatic carbocycles. The molecule has 0 atom stereocenters. The van der Waals surface area contributed by atoms with Crippen molar-refractivity contribution in [3.05, 3.63) is 47.4 Å². The number of amides is 2. The van der Waals surface area contributed by atoms with Crippen LogP contribution in [0.5, 0.6) is 0 Å². The lowest BCUT2D eigenvalue weighted by Crippen LogP contribution is -2.48. The van der Waals surface area contributed by atoms with Crippen LogP contribution in [0.25, 0.3) is 0 Å². The number of aryl methyl sites for hydroxylation is 1. The number of anilines is 2. The van der Waals surface area contributed by atoms with Gasteiger partial charge in [-0.2, -0.15) is 13.2 Å². The minimum Gasteiger partial charge on any atom is -0.342 e. The summed E-state index contributed by atoms with van der Waals surface area (Å²) in [5.74, 6) is 0.375. The number of nitrogens with zero attached hydrogens (tertiary/aromatic N) is 4. The van der Waals surface area contributed by atoms with E-state index in [1.165, 1.54) is 18.2 Å². The predicted octanol–water partition coefficient (Wildman–Crippen LogP) is 2.46. The van der Waals surface area contributed by atoms with Crippen molar-refractivity contribution in [1.29, 1.82) is 0 Å². The van der Waals surface area contributed by atoms with Gasteiger partial charge in [0.05, 0.1) is 5.56 Å². The van der Waals surface area contributed by atoms with E-state index in [1.807, 2.05) is 0 Å². The van der Waals surface area contributed by atoms with Gasteiger partial charge in [-0.3, -0.25) is 9.59 Å². The Labute approximate surface area is 159 Å². The Morgan fingerprint density at radius 3 is 2.32 bits per heavy atom. The average molecular weight is 393 g/mol. The molecule has 1 N–H and O–H groups in total. The first kappa shape index (κ1) is 19.6. The molecular weight excluding hydrogens is 375 g/mol. The summed E-state index contributed by atoms with van der Waals surface area (Å²) in [6, 6.07) is 5.98. The van der Waals surface area contributed by atoms with Crippen LogP contribution in [0.15, 0.2) is 30.3 Å². The van der Waals surface area contributed by atoms with E-state index in [2.05, 4.69) is 15.3 Å². The van der Waals surface area contributed by atoms with Crippen LogP contribution in [0.4, 0.5) is 24.7 Å². The molecule has 0 radical (unpaired) electrons. The topological polar surface area (TPSA) is 78.4 Å². The molecule has 2 heterocycles. The first-order chi connectivity index (χ1) is 13.3. The van der Waals surface area contributed by atoms with Crippen molar-refractivity contribution >= 4 is 23.8 Å². The van der Waals surface area contributed by atoms with Gasteiger partial charge in [-0.1, -0.05) is 0 Å². The Morgan fingerprint density at radius 1 is 1.11 bits per heavy atom. The van der Waals surface area contributed by atoms with E-state index in [1.54, 1.807) is 16.7 Å². The summed E-state index contributed by atoms with van der Waals surface area (Å²) in [5.41, 5.74) is -0.159. The van der Waals surface area contributed by atoms with Gasteiger partial charge in [-0.15, -0.1) is 0 Å². The number of halogens is 3. The summed E-state index contributed by atoms with van der Waals surface area (Å²) in [6.07, 6.45) is -3.65. The fourth-order valence-corrected chi connectivity index (χ4v) is 2.82. The lowest BCUT2D eigenvalue weighted by Gasteiger charge is -2.32. The predicted molar refractivity (Wildman–Crippen MR) is 95.0 cm³/mol. The molecule has 1 saturated heterocycles. The monoisotopic (exact) mass is 393 g/mol. The maximum Gasteiger partial charge on any atom is 0.416 e. The van der Waals surface area contributed by atoms with Crippen molar-refractivity contribution in [2.45, 2.75) is 13.1 Å². The number of benzene rings is 1. The van der Waals surface area contributed by atoms with Gasteiger partial charge in [-0.25, -0.2) is 9.97 Å². The molecule has 10 heteroatoms. The Hall–Kier alpha value is -3.17. The standard InChI is InChI=1S/C18H18F3N5O2/c1-12-22-15(17(28)26-8-6-25(11-27)7-9-26)10-16(23-12)24-14-4-2-13(3-5-14)18(19,20)21/h2-5,10-11H,6-9H2,1H3,(H,22,23,24). The van der Waals surface area contributed by atoms with E-state index in [0.717, 1.165) is 18.5 Å². The summed E-state index contributed by atoms with van der Waals surface area (Å²) in [6.45, 7) is 3.34. The van der Waals surface area contributed by atoms with Crippen molar-refractivity contribution in [3.8, 4) is 0 Å². The lowest BCUT2D eigenvalue weighted by molar-refractivity contribution is -0.137. The molecule has 1 aliphatic rings. The van der Waals surface area contributed by atoms with Crippen molar-refractivity contribution in [2.24, 2.45) is 0 Å². The number of rotatable bonds is 4. The molecule has 2 amide bonds. The molecule has 0 unspecified atom stereocenters. The molecule has 1 aromatic heterocycles. The molecule has 0 aliphatic carbocycles. The fourth-order valence-electron chi connectivity index (χ4n) is 2.82. The van der Waals surface area contributed by atoms with Crippen LogP contribution < -0.4 is 5.32 Å². The van der Waals surface area contributed by atoms with Crippen LogP contribution in [-0.2, 0) is 11.0 Å². The normalized spacial score (nSPS) is 14.7. The van der Waals surface area contributed by atoms with E-state index in [9.17, 15) is 22.8 Å². The van der Waals surface area contributed by atoms with Gasteiger partial charge in [-0.05, 0) is 31.2 Å². The van der Waals surface area contributed by atoms with Gasteiger partial charge < -0.3 is 15.1 Å².